The fourth-order valence-corrected chi connectivity index (χ4v) is 4.63. The van der Waals surface area contributed by atoms with E-state index in [1.54, 1.807) is 55.5 Å². The van der Waals surface area contributed by atoms with E-state index in [0.29, 0.717) is 16.3 Å². The Kier molecular flexibility index (Phi) is 7.70. The summed E-state index contributed by atoms with van der Waals surface area (Å²) in [6.07, 6.45) is 1.58. The number of halogens is 2. The van der Waals surface area contributed by atoms with Gasteiger partial charge in [0, 0.05) is 47.5 Å². The highest BCUT2D eigenvalue weighted by Crippen LogP contribution is 2.30. The van der Waals surface area contributed by atoms with Gasteiger partial charge in [-0.2, -0.15) is 0 Å². The average molecular weight is 483 g/mol. The van der Waals surface area contributed by atoms with Gasteiger partial charge in [-0.25, -0.2) is 4.39 Å². The van der Waals surface area contributed by atoms with Gasteiger partial charge in [0.1, 0.15) is 17.3 Å². The van der Waals surface area contributed by atoms with E-state index in [4.69, 9.17) is 21.1 Å². The number of methoxy groups -OCH3 is 2. The second-order valence-electron chi connectivity index (χ2n) is 8.35. The summed E-state index contributed by atoms with van der Waals surface area (Å²) in [5, 5.41) is 0.506. The highest BCUT2D eigenvalue weighted by Gasteiger charge is 2.30. The molecule has 0 aliphatic carbocycles. The van der Waals surface area contributed by atoms with E-state index in [9.17, 15) is 9.18 Å². The van der Waals surface area contributed by atoms with Crippen molar-refractivity contribution in [2.75, 3.05) is 32.2 Å². The number of piperidine rings is 1. The number of likely N-dealkylation sites (tertiary alicyclic amines) is 1. The molecule has 0 bridgehead atoms. The maximum absolute atomic E-state index is 13.6. The second-order valence-corrected chi connectivity index (χ2v) is 8.78. The molecule has 34 heavy (non-hydrogen) atoms. The molecule has 7 heteroatoms. The van der Waals surface area contributed by atoms with Crippen LogP contribution in [0.1, 0.15) is 28.8 Å². The van der Waals surface area contributed by atoms with E-state index in [1.165, 1.54) is 12.1 Å². The average Bonchev–Trinajstić information content (AvgIpc) is 2.86. The molecule has 0 N–H and O–H groups in total. The lowest BCUT2D eigenvalue weighted by Gasteiger charge is -2.39. The van der Waals surface area contributed by atoms with Gasteiger partial charge in [0.05, 0.1) is 14.2 Å². The van der Waals surface area contributed by atoms with E-state index in [-0.39, 0.29) is 17.8 Å². The fraction of sp³-hybridized carbons (Fsp3) is 0.296. The van der Waals surface area contributed by atoms with Crippen molar-refractivity contribution >= 4 is 23.2 Å². The zero-order valence-electron chi connectivity index (χ0n) is 19.3. The molecule has 0 atom stereocenters. The summed E-state index contributed by atoms with van der Waals surface area (Å²) >= 11 is 6.14. The third-order valence-electron chi connectivity index (χ3n) is 6.20. The number of carbonyl (C=O) groups excluding carboxylic acids is 1. The van der Waals surface area contributed by atoms with Crippen molar-refractivity contribution < 1.29 is 18.7 Å². The quantitative estimate of drug-likeness (QED) is 0.426. The van der Waals surface area contributed by atoms with Gasteiger partial charge < -0.3 is 14.4 Å². The Balaban J connectivity index is 1.52. The van der Waals surface area contributed by atoms with Gasteiger partial charge in [-0.15, -0.1) is 0 Å². The predicted molar refractivity (Wildman–Crippen MR) is 133 cm³/mol. The first-order valence-electron chi connectivity index (χ1n) is 11.3. The minimum absolute atomic E-state index is 0.0135. The molecule has 178 valence electrons. The summed E-state index contributed by atoms with van der Waals surface area (Å²) in [6.45, 7) is 2.35. The van der Waals surface area contributed by atoms with Gasteiger partial charge in [-0.3, -0.25) is 9.69 Å². The highest BCUT2D eigenvalue weighted by molar-refractivity contribution is 6.31. The van der Waals surface area contributed by atoms with Crippen molar-refractivity contribution in [2.24, 2.45) is 0 Å². The van der Waals surface area contributed by atoms with Crippen LogP contribution in [-0.4, -0.2) is 44.2 Å². The van der Waals surface area contributed by atoms with E-state index in [1.807, 2.05) is 18.2 Å². The molecule has 0 aromatic heterocycles. The number of hydrogen-bond acceptors (Lipinski definition) is 4. The topological polar surface area (TPSA) is 42.0 Å². The van der Waals surface area contributed by atoms with Crippen molar-refractivity contribution in [1.82, 2.24) is 4.90 Å². The van der Waals surface area contributed by atoms with Gasteiger partial charge in [-0.05, 0) is 73.5 Å². The van der Waals surface area contributed by atoms with Crippen LogP contribution in [0.5, 0.6) is 11.5 Å². The molecule has 0 saturated carbocycles. The van der Waals surface area contributed by atoms with Crippen molar-refractivity contribution in [3.8, 4) is 11.5 Å². The molecule has 0 unspecified atom stereocenters. The molecule has 3 aromatic rings. The summed E-state index contributed by atoms with van der Waals surface area (Å²) in [5.41, 5.74) is 2.25. The van der Waals surface area contributed by atoms with Crippen molar-refractivity contribution in [3.63, 3.8) is 0 Å². The molecule has 0 radical (unpaired) electrons. The first-order valence-corrected chi connectivity index (χ1v) is 11.6. The highest BCUT2D eigenvalue weighted by atomic mass is 35.5. The van der Waals surface area contributed by atoms with Crippen LogP contribution in [0.15, 0.2) is 66.7 Å². The van der Waals surface area contributed by atoms with Gasteiger partial charge in [-0.1, -0.05) is 17.7 Å². The third kappa shape index (κ3) is 5.51. The van der Waals surface area contributed by atoms with Crippen molar-refractivity contribution in [2.45, 2.75) is 25.4 Å². The summed E-state index contributed by atoms with van der Waals surface area (Å²) in [7, 11) is 3.32. The number of carbonyl (C=O) groups is 1. The Bertz CT molecular complexity index is 1130. The number of nitrogens with zero attached hydrogens (tertiary/aromatic N) is 2. The molecule has 1 aliphatic heterocycles. The van der Waals surface area contributed by atoms with Crippen molar-refractivity contribution in [3.05, 3.63) is 88.7 Å². The van der Waals surface area contributed by atoms with Gasteiger partial charge in [0.15, 0.2) is 0 Å². The maximum atomic E-state index is 13.6. The number of ether oxygens (including phenoxy) is 2. The van der Waals surface area contributed by atoms with E-state index >= 15 is 0 Å². The van der Waals surface area contributed by atoms with E-state index in [2.05, 4.69) is 4.90 Å². The standard InChI is InChI=1S/C27H28ClFN2O3/c1-33-25-10-11-26(34-2)20(17-25)18-30-14-12-24(13-15-30)31(23-8-6-22(29)7-9-23)27(32)19-4-3-5-21(28)16-19/h3-11,16-17,24H,12-15,18H2,1-2H3. The molecular weight excluding hydrogens is 455 g/mol. The number of benzene rings is 3. The first kappa shape index (κ1) is 24.0. The van der Waals surface area contributed by atoms with Crippen LogP contribution in [-0.2, 0) is 6.54 Å². The van der Waals surface area contributed by atoms with Gasteiger partial charge in [0.2, 0.25) is 0 Å². The van der Waals surface area contributed by atoms with Crippen LogP contribution in [0.2, 0.25) is 5.02 Å². The summed E-state index contributed by atoms with van der Waals surface area (Å²) in [6, 6.07) is 18.8. The molecule has 1 saturated heterocycles. The lowest BCUT2D eigenvalue weighted by Crippen LogP contribution is -2.47. The Hall–Kier alpha value is -3.09. The molecule has 1 amide bonds. The van der Waals surface area contributed by atoms with Crippen LogP contribution in [0.4, 0.5) is 10.1 Å². The van der Waals surface area contributed by atoms with Crippen LogP contribution >= 0.6 is 11.6 Å². The van der Waals surface area contributed by atoms with Gasteiger partial charge >= 0.3 is 0 Å². The molecule has 1 heterocycles. The maximum Gasteiger partial charge on any atom is 0.258 e. The number of rotatable bonds is 7. The largest absolute Gasteiger partial charge is 0.497 e. The third-order valence-corrected chi connectivity index (χ3v) is 6.43. The van der Waals surface area contributed by atoms with Crippen LogP contribution in [0, 0.1) is 5.82 Å². The number of hydrogen-bond donors (Lipinski definition) is 0. The van der Waals surface area contributed by atoms with Gasteiger partial charge in [0.25, 0.3) is 5.91 Å². The number of amides is 1. The fourth-order valence-electron chi connectivity index (χ4n) is 4.44. The van der Waals surface area contributed by atoms with E-state index in [0.717, 1.165) is 49.5 Å². The minimum Gasteiger partial charge on any atom is -0.497 e. The molecule has 4 rings (SSSR count). The zero-order valence-corrected chi connectivity index (χ0v) is 20.1. The summed E-state index contributed by atoms with van der Waals surface area (Å²) in [5.74, 6) is 1.15. The Morgan fingerprint density at radius 3 is 2.41 bits per heavy atom. The lowest BCUT2D eigenvalue weighted by molar-refractivity contribution is 0.0958. The Labute approximate surface area is 204 Å². The molecular formula is C27H28ClFN2O3. The van der Waals surface area contributed by atoms with Crippen LogP contribution in [0.25, 0.3) is 0 Å². The molecule has 3 aromatic carbocycles. The first-order chi connectivity index (χ1) is 16.5. The van der Waals surface area contributed by atoms with Crippen LogP contribution < -0.4 is 14.4 Å². The lowest BCUT2D eigenvalue weighted by atomic mass is 10.00. The second kappa shape index (κ2) is 10.9. The predicted octanol–water partition coefficient (Wildman–Crippen LogP) is 5.81. The monoisotopic (exact) mass is 482 g/mol. The molecule has 1 fully saturated rings. The Morgan fingerprint density at radius 1 is 1.03 bits per heavy atom. The number of anilines is 1. The molecule has 1 aliphatic rings. The smallest absolute Gasteiger partial charge is 0.258 e. The summed E-state index contributed by atoms with van der Waals surface area (Å²) < 4.78 is 24.5. The molecule has 5 nitrogen and oxygen atoms in total. The SMILES string of the molecule is COc1ccc(OC)c(CN2CCC(N(C(=O)c3cccc(Cl)c3)c3ccc(F)cc3)CC2)c1. The molecule has 0 spiro atoms. The normalized spacial score (nSPS) is 14.6. The summed E-state index contributed by atoms with van der Waals surface area (Å²) in [4.78, 5) is 17.7. The Morgan fingerprint density at radius 2 is 1.76 bits per heavy atom. The van der Waals surface area contributed by atoms with Crippen LogP contribution in [0.3, 0.4) is 0 Å². The van der Waals surface area contributed by atoms with Crippen molar-refractivity contribution in [1.29, 1.82) is 0 Å². The van der Waals surface area contributed by atoms with E-state index < -0.39 is 0 Å². The zero-order chi connectivity index (χ0) is 24.1. The minimum atomic E-state index is -0.332.